The van der Waals surface area contributed by atoms with Crippen molar-refractivity contribution in [3.8, 4) is 5.75 Å². The van der Waals surface area contributed by atoms with Gasteiger partial charge in [-0.1, -0.05) is 18.2 Å². The molecule has 1 heterocycles. The third-order valence-electron chi connectivity index (χ3n) is 4.27. The van der Waals surface area contributed by atoms with Gasteiger partial charge in [0.2, 0.25) is 0 Å². The second kappa shape index (κ2) is 5.45. The lowest BCUT2D eigenvalue weighted by atomic mass is 10.0. The first-order chi connectivity index (χ1) is 11.1. The molecular weight excluding hydrogens is 317 g/mol. The summed E-state index contributed by atoms with van der Waals surface area (Å²) in [5, 5.41) is 9.57. The van der Waals surface area contributed by atoms with E-state index in [0.717, 1.165) is 23.9 Å². The average molecular weight is 331 g/mol. The minimum Gasteiger partial charge on any atom is -0.492 e. The van der Waals surface area contributed by atoms with E-state index < -0.39 is 5.97 Å². The maximum Gasteiger partial charge on any atom is 0.341 e. The molecule has 4 nitrogen and oxygen atoms in total. The second-order valence-electron chi connectivity index (χ2n) is 5.76. The summed E-state index contributed by atoms with van der Waals surface area (Å²) in [5.41, 5.74) is 1.51. The molecule has 2 aliphatic rings. The number of carbonyl (C=O) groups is 1. The standard InChI is InChI=1S/C17H14FNO3S/c18-12-3-1-2-4-14(12)23-19-13-6-5-10-11-7-9(11)8-22-16(10)15(13)17(20)21/h1-6,9,11,19H,7-8H2,(H,20,21). The van der Waals surface area contributed by atoms with E-state index in [1.807, 2.05) is 6.07 Å². The minimum atomic E-state index is -1.04. The van der Waals surface area contributed by atoms with Crippen LogP contribution in [0.15, 0.2) is 41.3 Å². The van der Waals surface area contributed by atoms with Crippen molar-refractivity contribution in [3.63, 3.8) is 0 Å². The van der Waals surface area contributed by atoms with Crippen LogP contribution in [-0.2, 0) is 0 Å². The van der Waals surface area contributed by atoms with Gasteiger partial charge in [-0.05, 0) is 48.0 Å². The van der Waals surface area contributed by atoms with E-state index >= 15 is 0 Å². The molecule has 2 atom stereocenters. The monoisotopic (exact) mass is 331 g/mol. The molecule has 0 radical (unpaired) electrons. The van der Waals surface area contributed by atoms with Crippen LogP contribution in [0.1, 0.15) is 28.3 Å². The Hall–Kier alpha value is -2.21. The van der Waals surface area contributed by atoms with Gasteiger partial charge >= 0.3 is 5.97 Å². The van der Waals surface area contributed by atoms with Crippen LogP contribution in [0.4, 0.5) is 10.1 Å². The van der Waals surface area contributed by atoms with Crippen molar-refractivity contribution < 1.29 is 19.0 Å². The molecule has 0 amide bonds. The number of carboxylic acids is 1. The maximum atomic E-state index is 13.7. The Morgan fingerprint density at radius 1 is 1.30 bits per heavy atom. The van der Waals surface area contributed by atoms with Gasteiger partial charge < -0.3 is 14.6 Å². The van der Waals surface area contributed by atoms with Crippen molar-refractivity contribution in [2.75, 3.05) is 11.3 Å². The average Bonchev–Trinajstić information content (AvgIpc) is 3.33. The molecule has 1 saturated carbocycles. The number of hydrogen-bond acceptors (Lipinski definition) is 4. The third kappa shape index (κ3) is 2.53. The van der Waals surface area contributed by atoms with Crippen LogP contribution in [0, 0.1) is 11.7 Å². The lowest BCUT2D eigenvalue weighted by Crippen LogP contribution is -2.14. The van der Waals surface area contributed by atoms with E-state index in [0.29, 0.717) is 34.8 Å². The van der Waals surface area contributed by atoms with Gasteiger partial charge in [0.25, 0.3) is 0 Å². The highest BCUT2D eigenvalue weighted by Crippen LogP contribution is 2.55. The molecule has 6 heteroatoms. The lowest BCUT2D eigenvalue weighted by Gasteiger charge is -2.21. The van der Waals surface area contributed by atoms with Crippen LogP contribution in [0.5, 0.6) is 5.75 Å². The molecule has 2 unspecified atom stereocenters. The Kier molecular flexibility index (Phi) is 3.41. The van der Waals surface area contributed by atoms with Crippen LogP contribution in [0.3, 0.4) is 0 Å². The normalized spacial score (nSPS) is 20.9. The fourth-order valence-corrected chi connectivity index (χ4v) is 3.69. The number of nitrogens with one attached hydrogen (secondary N) is 1. The van der Waals surface area contributed by atoms with Gasteiger partial charge in [-0.2, -0.15) is 0 Å². The largest absolute Gasteiger partial charge is 0.492 e. The number of carboxylic acid groups (broad SMARTS) is 1. The molecule has 2 aromatic rings. The molecule has 2 aromatic carbocycles. The van der Waals surface area contributed by atoms with Gasteiger partial charge in [-0.3, -0.25) is 0 Å². The van der Waals surface area contributed by atoms with Crippen molar-refractivity contribution in [1.82, 2.24) is 0 Å². The van der Waals surface area contributed by atoms with Gasteiger partial charge in [0, 0.05) is 5.92 Å². The van der Waals surface area contributed by atoms with Crippen molar-refractivity contribution in [2.24, 2.45) is 5.92 Å². The number of halogens is 1. The lowest BCUT2D eigenvalue weighted by molar-refractivity contribution is 0.0692. The number of anilines is 1. The zero-order chi connectivity index (χ0) is 16.0. The molecule has 4 rings (SSSR count). The summed E-state index contributed by atoms with van der Waals surface area (Å²) in [6.07, 6.45) is 1.06. The molecule has 0 bridgehead atoms. The summed E-state index contributed by atoms with van der Waals surface area (Å²) < 4.78 is 22.3. The summed E-state index contributed by atoms with van der Waals surface area (Å²) in [5.74, 6) is 0.00531. The highest BCUT2D eigenvalue weighted by atomic mass is 32.2. The van der Waals surface area contributed by atoms with Gasteiger partial charge in [-0.15, -0.1) is 0 Å². The Labute approximate surface area is 136 Å². The van der Waals surface area contributed by atoms with Crippen molar-refractivity contribution in [2.45, 2.75) is 17.2 Å². The predicted molar refractivity (Wildman–Crippen MR) is 85.6 cm³/mol. The van der Waals surface area contributed by atoms with Crippen LogP contribution < -0.4 is 9.46 Å². The first-order valence-corrected chi connectivity index (χ1v) is 8.17. The molecule has 0 spiro atoms. The SMILES string of the molecule is O=C(O)c1c(NSc2ccccc2F)ccc2c1OCC1CC21. The molecule has 1 aliphatic carbocycles. The summed E-state index contributed by atoms with van der Waals surface area (Å²) in [7, 11) is 0. The Bertz CT molecular complexity index is 795. The first-order valence-electron chi connectivity index (χ1n) is 7.35. The number of aromatic carboxylic acids is 1. The summed E-state index contributed by atoms with van der Waals surface area (Å²) in [6.45, 7) is 0.571. The predicted octanol–water partition coefficient (Wildman–Crippen LogP) is 4.14. The Morgan fingerprint density at radius 3 is 2.91 bits per heavy atom. The molecule has 1 aliphatic heterocycles. The zero-order valence-electron chi connectivity index (χ0n) is 12.1. The fourth-order valence-electron chi connectivity index (χ4n) is 2.98. The molecule has 23 heavy (non-hydrogen) atoms. The van der Waals surface area contributed by atoms with Gasteiger partial charge in [0.15, 0.2) is 0 Å². The molecule has 1 fully saturated rings. The first kappa shape index (κ1) is 14.4. The second-order valence-corrected chi connectivity index (χ2v) is 6.61. The summed E-state index contributed by atoms with van der Waals surface area (Å²) in [6, 6.07) is 9.99. The van der Waals surface area contributed by atoms with Gasteiger partial charge in [0.05, 0.1) is 17.2 Å². The van der Waals surface area contributed by atoms with Crippen molar-refractivity contribution >= 4 is 23.6 Å². The van der Waals surface area contributed by atoms with E-state index in [4.69, 9.17) is 4.74 Å². The smallest absolute Gasteiger partial charge is 0.341 e. The molecule has 2 N–H and O–H groups in total. The number of rotatable bonds is 4. The van der Waals surface area contributed by atoms with Gasteiger partial charge in [-0.25, -0.2) is 9.18 Å². The topological polar surface area (TPSA) is 58.6 Å². The summed E-state index contributed by atoms with van der Waals surface area (Å²) in [4.78, 5) is 12.1. The van der Waals surface area contributed by atoms with Crippen molar-refractivity contribution in [1.29, 1.82) is 0 Å². The van der Waals surface area contributed by atoms with E-state index in [9.17, 15) is 14.3 Å². The molecular formula is C17H14FNO3S. The third-order valence-corrected chi connectivity index (χ3v) is 5.15. The summed E-state index contributed by atoms with van der Waals surface area (Å²) >= 11 is 1.05. The van der Waals surface area contributed by atoms with E-state index in [2.05, 4.69) is 4.72 Å². The fraction of sp³-hybridized carbons (Fsp3) is 0.235. The minimum absolute atomic E-state index is 0.122. The number of hydrogen-bond donors (Lipinski definition) is 2. The molecule has 118 valence electrons. The van der Waals surface area contributed by atoms with Crippen LogP contribution in [-0.4, -0.2) is 17.7 Å². The highest BCUT2D eigenvalue weighted by Gasteiger charge is 2.45. The van der Waals surface area contributed by atoms with Gasteiger partial charge in [0.1, 0.15) is 17.1 Å². The van der Waals surface area contributed by atoms with Crippen LogP contribution in [0.25, 0.3) is 0 Å². The highest BCUT2D eigenvalue weighted by molar-refractivity contribution is 8.00. The van der Waals surface area contributed by atoms with E-state index in [-0.39, 0.29) is 11.4 Å². The Balaban J connectivity index is 1.66. The number of fused-ring (bicyclic) bond motifs is 3. The zero-order valence-corrected chi connectivity index (χ0v) is 12.9. The van der Waals surface area contributed by atoms with Crippen LogP contribution >= 0.6 is 11.9 Å². The van der Waals surface area contributed by atoms with Crippen LogP contribution in [0.2, 0.25) is 0 Å². The van der Waals surface area contributed by atoms with E-state index in [1.165, 1.54) is 6.07 Å². The molecule has 0 saturated heterocycles. The van der Waals surface area contributed by atoms with E-state index in [1.54, 1.807) is 24.3 Å². The van der Waals surface area contributed by atoms with Crippen molar-refractivity contribution in [3.05, 3.63) is 53.3 Å². The Morgan fingerprint density at radius 2 is 2.13 bits per heavy atom. The number of benzene rings is 2. The quantitative estimate of drug-likeness (QED) is 0.825. The maximum absolute atomic E-state index is 13.7. The molecule has 0 aromatic heterocycles. The number of ether oxygens (including phenoxy) is 1.